The molecule has 4 nitrogen and oxygen atoms in total. The van der Waals surface area contributed by atoms with E-state index in [0.29, 0.717) is 5.69 Å². The summed E-state index contributed by atoms with van der Waals surface area (Å²) in [6, 6.07) is 3.75. The zero-order chi connectivity index (χ0) is 11.5. The van der Waals surface area contributed by atoms with Crippen LogP contribution in [0.1, 0.15) is 23.7 Å². The number of aryl methyl sites for hydroxylation is 1. The number of pyridine rings is 1. The third-order valence-corrected chi connectivity index (χ3v) is 3.77. The standard InChI is InChI=1S/C10H11N3OS2/c1-6(14)9-4-3-8(5-11-9)16-10-13-12-7(2)15-10/h3-6,14H,1-2H3/t6-/m1/s1. The second kappa shape index (κ2) is 4.90. The molecule has 0 saturated carbocycles. The van der Waals surface area contributed by atoms with E-state index in [0.717, 1.165) is 14.2 Å². The van der Waals surface area contributed by atoms with Gasteiger partial charge in [0.1, 0.15) is 5.01 Å². The molecule has 0 aliphatic heterocycles. The van der Waals surface area contributed by atoms with E-state index >= 15 is 0 Å². The maximum Gasteiger partial charge on any atom is 0.179 e. The van der Waals surface area contributed by atoms with Gasteiger partial charge in [-0.05, 0) is 26.0 Å². The Hall–Kier alpha value is -0.980. The van der Waals surface area contributed by atoms with Gasteiger partial charge in [-0.1, -0.05) is 23.1 Å². The van der Waals surface area contributed by atoms with Crippen molar-refractivity contribution in [2.24, 2.45) is 0 Å². The van der Waals surface area contributed by atoms with Crippen LogP contribution in [0.25, 0.3) is 0 Å². The number of nitrogens with zero attached hydrogens (tertiary/aromatic N) is 3. The van der Waals surface area contributed by atoms with Crippen LogP contribution in [0.3, 0.4) is 0 Å². The Labute approximate surface area is 102 Å². The first-order valence-electron chi connectivity index (χ1n) is 4.77. The van der Waals surface area contributed by atoms with Crippen LogP contribution >= 0.6 is 23.1 Å². The Kier molecular flexibility index (Phi) is 3.52. The van der Waals surface area contributed by atoms with E-state index < -0.39 is 6.10 Å². The summed E-state index contributed by atoms with van der Waals surface area (Å²) in [6.45, 7) is 3.62. The molecule has 0 aliphatic carbocycles. The highest BCUT2D eigenvalue weighted by molar-refractivity contribution is 8.01. The van der Waals surface area contributed by atoms with E-state index in [-0.39, 0.29) is 0 Å². The molecule has 0 fully saturated rings. The number of rotatable bonds is 3. The summed E-state index contributed by atoms with van der Waals surface area (Å²) < 4.78 is 0.907. The van der Waals surface area contributed by atoms with Gasteiger partial charge in [-0.15, -0.1) is 10.2 Å². The van der Waals surface area contributed by atoms with Crippen molar-refractivity contribution < 1.29 is 5.11 Å². The molecule has 0 bridgehead atoms. The number of hydrogen-bond acceptors (Lipinski definition) is 6. The van der Waals surface area contributed by atoms with E-state index in [4.69, 9.17) is 0 Å². The molecule has 1 N–H and O–H groups in total. The number of hydrogen-bond donors (Lipinski definition) is 1. The second-order valence-corrected chi connectivity index (χ2v) is 5.79. The number of aliphatic hydroxyl groups is 1. The van der Waals surface area contributed by atoms with Crippen LogP contribution in [-0.4, -0.2) is 20.3 Å². The van der Waals surface area contributed by atoms with E-state index in [1.165, 1.54) is 11.8 Å². The molecular weight excluding hydrogens is 242 g/mol. The normalized spacial score (nSPS) is 12.7. The van der Waals surface area contributed by atoms with E-state index in [1.54, 1.807) is 24.5 Å². The summed E-state index contributed by atoms with van der Waals surface area (Å²) in [5.74, 6) is 0. The molecule has 0 unspecified atom stereocenters. The lowest BCUT2D eigenvalue weighted by atomic mass is 10.2. The van der Waals surface area contributed by atoms with Gasteiger partial charge in [0, 0.05) is 11.1 Å². The third kappa shape index (κ3) is 2.78. The first-order valence-corrected chi connectivity index (χ1v) is 6.40. The van der Waals surface area contributed by atoms with Crippen LogP contribution in [0.4, 0.5) is 0 Å². The fourth-order valence-corrected chi connectivity index (χ4v) is 2.88. The van der Waals surface area contributed by atoms with Crippen LogP contribution < -0.4 is 0 Å². The van der Waals surface area contributed by atoms with Crippen molar-refractivity contribution in [1.82, 2.24) is 15.2 Å². The van der Waals surface area contributed by atoms with Gasteiger partial charge in [-0.3, -0.25) is 4.98 Å². The first-order chi connectivity index (χ1) is 7.65. The van der Waals surface area contributed by atoms with Gasteiger partial charge >= 0.3 is 0 Å². The maximum absolute atomic E-state index is 9.32. The predicted molar refractivity (Wildman–Crippen MR) is 63.6 cm³/mol. The molecule has 2 aromatic heterocycles. The zero-order valence-electron chi connectivity index (χ0n) is 8.91. The Bertz CT molecular complexity index is 467. The van der Waals surface area contributed by atoms with Crippen molar-refractivity contribution in [3.8, 4) is 0 Å². The molecule has 0 amide bonds. The minimum atomic E-state index is -0.525. The molecule has 6 heteroatoms. The van der Waals surface area contributed by atoms with E-state index in [2.05, 4.69) is 15.2 Å². The highest BCUT2D eigenvalue weighted by Crippen LogP contribution is 2.29. The molecule has 0 radical (unpaired) electrons. The largest absolute Gasteiger partial charge is 0.387 e. The summed E-state index contributed by atoms with van der Waals surface area (Å²) in [4.78, 5) is 5.17. The van der Waals surface area contributed by atoms with Crippen LogP contribution in [-0.2, 0) is 0 Å². The van der Waals surface area contributed by atoms with Gasteiger partial charge < -0.3 is 5.11 Å². The van der Waals surface area contributed by atoms with Crippen molar-refractivity contribution in [1.29, 1.82) is 0 Å². The molecule has 16 heavy (non-hydrogen) atoms. The Morgan fingerprint density at radius 2 is 2.19 bits per heavy atom. The van der Waals surface area contributed by atoms with Gasteiger partial charge in [0.2, 0.25) is 0 Å². The average molecular weight is 253 g/mol. The summed E-state index contributed by atoms with van der Waals surface area (Å²) in [5.41, 5.74) is 0.679. The number of aromatic nitrogens is 3. The summed E-state index contributed by atoms with van der Waals surface area (Å²) in [6.07, 6.45) is 1.21. The van der Waals surface area contributed by atoms with Crippen molar-refractivity contribution in [2.45, 2.75) is 29.2 Å². The van der Waals surface area contributed by atoms with Gasteiger partial charge in [0.05, 0.1) is 11.8 Å². The van der Waals surface area contributed by atoms with Crippen LogP contribution in [0.5, 0.6) is 0 Å². The first kappa shape index (κ1) is 11.5. The second-order valence-electron chi connectivity index (χ2n) is 3.28. The SMILES string of the molecule is Cc1nnc(Sc2ccc([C@@H](C)O)nc2)s1. The van der Waals surface area contributed by atoms with Gasteiger partial charge in [-0.25, -0.2) is 0 Å². The Balaban J connectivity index is 2.11. The van der Waals surface area contributed by atoms with Gasteiger partial charge in [0.25, 0.3) is 0 Å². The molecular formula is C10H11N3OS2. The molecule has 0 saturated heterocycles. The topological polar surface area (TPSA) is 58.9 Å². The smallest absolute Gasteiger partial charge is 0.179 e. The summed E-state index contributed by atoms with van der Waals surface area (Å²) in [7, 11) is 0. The summed E-state index contributed by atoms with van der Waals surface area (Å²) >= 11 is 3.09. The van der Waals surface area contributed by atoms with Crippen LogP contribution in [0.2, 0.25) is 0 Å². The lowest BCUT2D eigenvalue weighted by Gasteiger charge is -2.03. The fraction of sp³-hybridized carbons (Fsp3) is 0.300. The molecule has 2 heterocycles. The monoisotopic (exact) mass is 253 g/mol. The molecule has 1 atom stereocenters. The molecule has 84 valence electrons. The van der Waals surface area contributed by atoms with Crippen LogP contribution in [0.15, 0.2) is 27.6 Å². The van der Waals surface area contributed by atoms with E-state index in [9.17, 15) is 5.11 Å². The van der Waals surface area contributed by atoms with Gasteiger partial charge in [-0.2, -0.15) is 0 Å². The van der Waals surface area contributed by atoms with Crippen molar-refractivity contribution in [2.75, 3.05) is 0 Å². The third-order valence-electron chi connectivity index (χ3n) is 1.90. The Morgan fingerprint density at radius 1 is 1.38 bits per heavy atom. The highest BCUT2D eigenvalue weighted by Gasteiger charge is 2.05. The predicted octanol–water partition coefficient (Wildman–Crippen LogP) is 2.45. The molecule has 2 rings (SSSR count). The Morgan fingerprint density at radius 3 is 2.69 bits per heavy atom. The fourth-order valence-electron chi connectivity index (χ4n) is 1.12. The molecule has 0 spiro atoms. The number of aliphatic hydroxyl groups excluding tert-OH is 1. The van der Waals surface area contributed by atoms with Crippen molar-refractivity contribution >= 4 is 23.1 Å². The average Bonchev–Trinajstić information content (AvgIpc) is 2.65. The minimum absolute atomic E-state index is 0.525. The minimum Gasteiger partial charge on any atom is -0.387 e. The molecule has 0 aromatic carbocycles. The highest BCUT2D eigenvalue weighted by atomic mass is 32.2. The van der Waals surface area contributed by atoms with E-state index in [1.807, 2.05) is 19.1 Å². The zero-order valence-corrected chi connectivity index (χ0v) is 10.5. The summed E-state index contributed by atoms with van der Waals surface area (Å²) in [5, 5.41) is 18.2. The lowest BCUT2D eigenvalue weighted by molar-refractivity contribution is 0.194. The quantitative estimate of drug-likeness (QED) is 0.910. The lowest BCUT2D eigenvalue weighted by Crippen LogP contribution is -1.94. The maximum atomic E-state index is 9.32. The molecule has 0 aliphatic rings. The molecule has 2 aromatic rings. The van der Waals surface area contributed by atoms with Crippen molar-refractivity contribution in [3.05, 3.63) is 29.0 Å². The van der Waals surface area contributed by atoms with Gasteiger partial charge in [0.15, 0.2) is 4.34 Å². The van der Waals surface area contributed by atoms with Crippen LogP contribution in [0, 0.1) is 6.92 Å². The van der Waals surface area contributed by atoms with Crippen molar-refractivity contribution in [3.63, 3.8) is 0 Å².